The third-order valence-electron chi connectivity index (χ3n) is 2.65. The lowest BCUT2D eigenvalue weighted by atomic mass is 10.1. The number of rotatable bonds is 2. The van der Waals surface area contributed by atoms with Crippen LogP contribution in [0.1, 0.15) is 15.9 Å². The van der Waals surface area contributed by atoms with Crippen LogP contribution in [-0.4, -0.2) is 18.4 Å². The van der Waals surface area contributed by atoms with Crippen molar-refractivity contribution in [3.8, 4) is 5.75 Å². The van der Waals surface area contributed by atoms with Crippen molar-refractivity contribution >= 4 is 17.2 Å². The maximum Gasteiger partial charge on any atom is 0.259 e. The summed E-state index contributed by atoms with van der Waals surface area (Å²) in [6.07, 6.45) is 0.581. The van der Waals surface area contributed by atoms with Crippen molar-refractivity contribution in [1.82, 2.24) is 4.98 Å². The van der Waals surface area contributed by atoms with E-state index in [0.717, 1.165) is 5.39 Å². The van der Waals surface area contributed by atoms with Crippen LogP contribution in [0.4, 0.5) is 0 Å². The van der Waals surface area contributed by atoms with E-state index < -0.39 is 0 Å². The largest absolute Gasteiger partial charge is 0.497 e. The van der Waals surface area contributed by atoms with Crippen molar-refractivity contribution in [2.75, 3.05) is 7.11 Å². The highest BCUT2D eigenvalue weighted by Gasteiger charge is 2.08. The molecule has 0 radical (unpaired) electrons. The number of fused-ring (bicyclic) bond motifs is 1. The lowest BCUT2D eigenvalue weighted by molar-refractivity contribution is 0.112. The molecule has 16 heavy (non-hydrogen) atoms. The van der Waals surface area contributed by atoms with Crippen LogP contribution in [0, 0.1) is 6.92 Å². The molecule has 0 fully saturated rings. The Hall–Kier alpha value is -2.10. The van der Waals surface area contributed by atoms with Crippen molar-refractivity contribution < 1.29 is 9.53 Å². The summed E-state index contributed by atoms with van der Waals surface area (Å²) in [5.41, 5.74) is 1.18. The van der Waals surface area contributed by atoms with E-state index >= 15 is 0 Å². The maximum absolute atomic E-state index is 11.6. The third-order valence-corrected chi connectivity index (χ3v) is 2.65. The first-order chi connectivity index (χ1) is 7.67. The van der Waals surface area contributed by atoms with Gasteiger partial charge in [0.25, 0.3) is 5.56 Å². The van der Waals surface area contributed by atoms with Crippen molar-refractivity contribution in [3.63, 3.8) is 0 Å². The molecule has 0 amide bonds. The number of H-pyrrole nitrogens is 1. The van der Waals surface area contributed by atoms with Crippen LogP contribution in [-0.2, 0) is 0 Å². The quantitative estimate of drug-likeness (QED) is 0.778. The first-order valence-electron chi connectivity index (χ1n) is 4.83. The normalized spacial score (nSPS) is 10.4. The topological polar surface area (TPSA) is 59.2 Å². The van der Waals surface area contributed by atoms with Crippen molar-refractivity contribution in [2.24, 2.45) is 0 Å². The molecule has 1 aromatic heterocycles. The number of hydrogen-bond acceptors (Lipinski definition) is 3. The number of benzene rings is 1. The van der Waals surface area contributed by atoms with Crippen molar-refractivity contribution in [3.05, 3.63) is 39.7 Å². The van der Waals surface area contributed by atoms with Gasteiger partial charge in [0.2, 0.25) is 0 Å². The summed E-state index contributed by atoms with van der Waals surface area (Å²) in [7, 11) is 1.56. The molecule has 0 unspecified atom stereocenters. The van der Waals surface area contributed by atoms with E-state index in [1.165, 1.54) is 0 Å². The van der Waals surface area contributed by atoms with Gasteiger partial charge in [0, 0.05) is 11.5 Å². The zero-order valence-corrected chi connectivity index (χ0v) is 9.03. The smallest absolute Gasteiger partial charge is 0.259 e. The Kier molecular flexibility index (Phi) is 2.48. The number of pyridine rings is 1. The molecule has 2 rings (SSSR count). The SMILES string of the molecule is COc1ccc2c(C)c(C=O)c(=O)[nH]c2c1. The van der Waals surface area contributed by atoms with Crippen molar-refractivity contribution in [2.45, 2.75) is 6.92 Å². The molecule has 82 valence electrons. The monoisotopic (exact) mass is 217 g/mol. The summed E-state index contributed by atoms with van der Waals surface area (Å²) in [5, 5.41) is 0.850. The molecule has 0 aliphatic heterocycles. The van der Waals surface area contributed by atoms with E-state index in [0.29, 0.717) is 23.1 Å². The molecule has 2 aromatic rings. The number of hydrogen-bond donors (Lipinski definition) is 1. The highest BCUT2D eigenvalue weighted by Crippen LogP contribution is 2.21. The summed E-state index contributed by atoms with van der Waals surface area (Å²) in [6.45, 7) is 1.76. The molecule has 0 spiro atoms. The first kappa shape index (κ1) is 10.4. The fourth-order valence-corrected chi connectivity index (χ4v) is 1.73. The van der Waals surface area contributed by atoms with Gasteiger partial charge in [-0.15, -0.1) is 0 Å². The van der Waals surface area contributed by atoms with E-state index in [-0.39, 0.29) is 11.1 Å². The molecule has 4 heteroatoms. The first-order valence-corrected chi connectivity index (χ1v) is 4.83. The second-order valence-corrected chi connectivity index (χ2v) is 3.52. The van der Waals surface area contributed by atoms with Gasteiger partial charge in [-0.05, 0) is 24.6 Å². The minimum Gasteiger partial charge on any atom is -0.497 e. The molecule has 1 heterocycles. The van der Waals surface area contributed by atoms with Gasteiger partial charge in [-0.25, -0.2) is 0 Å². The van der Waals surface area contributed by atoms with E-state index in [2.05, 4.69) is 4.98 Å². The summed E-state index contributed by atoms with van der Waals surface area (Å²) in [5.74, 6) is 0.668. The Labute approximate surface area is 91.9 Å². The highest BCUT2D eigenvalue weighted by molar-refractivity contribution is 5.90. The number of carbonyl (C=O) groups excluding carboxylic acids is 1. The molecule has 4 nitrogen and oxygen atoms in total. The van der Waals surface area contributed by atoms with Crippen molar-refractivity contribution in [1.29, 1.82) is 0 Å². The maximum atomic E-state index is 11.6. The lowest BCUT2D eigenvalue weighted by Crippen LogP contribution is -2.14. The van der Waals surface area contributed by atoms with Crippen LogP contribution < -0.4 is 10.3 Å². The van der Waals surface area contributed by atoms with Crippen LogP contribution in [0.5, 0.6) is 5.75 Å². The fourth-order valence-electron chi connectivity index (χ4n) is 1.73. The summed E-state index contributed by atoms with van der Waals surface area (Å²) < 4.78 is 5.07. The number of aromatic nitrogens is 1. The summed E-state index contributed by atoms with van der Waals surface area (Å²) >= 11 is 0. The molecule has 1 aromatic carbocycles. The molecule has 0 aliphatic carbocycles. The van der Waals surface area contributed by atoms with Gasteiger partial charge < -0.3 is 9.72 Å². The van der Waals surface area contributed by atoms with Gasteiger partial charge in [0.15, 0.2) is 6.29 Å². The highest BCUT2D eigenvalue weighted by atomic mass is 16.5. The molecule has 0 saturated carbocycles. The lowest BCUT2D eigenvalue weighted by Gasteiger charge is -2.06. The number of ether oxygens (including phenoxy) is 1. The van der Waals surface area contributed by atoms with Crippen LogP contribution in [0.15, 0.2) is 23.0 Å². The minimum atomic E-state index is -0.367. The Bertz CT molecular complexity index is 613. The number of aldehydes is 1. The average molecular weight is 217 g/mol. The van der Waals surface area contributed by atoms with E-state index in [9.17, 15) is 9.59 Å². The second kappa shape index (κ2) is 3.81. The number of aryl methyl sites for hydroxylation is 1. The molecule has 0 saturated heterocycles. The van der Waals surface area contributed by atoms with Crippen LogP contribution >= 0.6 is 0 Å². The molecule has 0 aliphatic rings. The van der Waals surface area contributed by atoms with Gasteiger partial charge in [-0.3, -0.25) is 9.59 Å². The molecular formula is C12H11NO3. The number of methoxy groups -OCH3 is 1. The minimum absolute atomic E-state index is 0.178. The van der Waals surface area contributed by atoms with E-state index in [4.69, 9.17) is 4.74 Å². The molecular weight excluding hydrogens is 206 g/mol. The van der Waals surface area contributed by atoms with Gasteiger partial charge >= 0.3 is 0 Å². The van der Waals surface area contributed by atoms with E-state index in [1.54, 1.807) is 26.2 Å². The van der Waals surface area contributed by atoms with Gasteiger partial charge in [-0.1, -0.05) is 0 Å². The van der Waals surface area contributed by atoms with Crippen LogP contribution in [0.25, 0.3) is 10.9 Å². The van der Waals surface area contributed by atoms with Crippen LogP contribution in [0.2, 0.25) is 0 Å². The van der Waals surface area contributed by atoms with Gasteiger partial charge in [0.05, 0.1) is 18.2 Å². The Morgan fingerprint density at radius 1 is 1.38 bits per heavy atom. The standard InChI is InChI=1S/C12H11NO3/c1-7-9-4-3-8(16-2)5-11(9)13-12(15)10(7)6-14/h3-6H,1-2H3,(H,13,15). The predicted octanol–water partition coefficient (Wildman–Crippen LogP) is 1.66. The second-order valence-electron chi connectivity index (χ2n) is 3.52. The zero-order chi connectivity index (χ0) is 11.7. The number of carbonyl (C=O) groups is 1. The summed E-state index contributed by atoms with van der Waals surface area (Å²) in [4.78, 5) is 25.0. The molecule has 0 bridgehead atoms. The number of aromatic amines is 1. The molecule has 1 N–H and O–H groups in total. The molecule has 0 atom stereocenters. The number of nitrogens with one attached hydrogen (secondary N) is 1. The van der Waals surface area contributed by atoms with Crippen LogP contribution in [0.3, 0.4) is 0 Å². The Morgan fingerprint density at radius 3 is 2.75 bits per heavy atom. The van der Waals surface area contributed by atoms with Gasteiger partial charge in [-0.2, -0.15) is 0 Å². The Morgan fingerprint density at radius 2 is 2.12 bits per heavy atom. The summed E-state index contributed by atoms with van der Waals surface area (Å²) in [6, 6.07) is 5.35. The zero-order valence-electron chi connectivity index (χ0n) is 9.03. The predicted molar refractivity (Wildman–Crippen MR) is 61.2 cm³/mol. The van der Waals surface area contributed by atoms with Gasteiger partial charge in [0.1, 0.15) is 5.75 Å². The average Bonchev–Trinajstić information content (AvgIpc) is 2.28. The fraction of sp³-hybridized carbons (Fsp3) is 0.167. The van der Waals surface area contributed by atoms with E-state index in [1.807, 2.05) is 6.07 Å². The third kappa shape index (κ3) is 1.48. The Balaban J connectivity index is 2.87.